The number of para-hydroxylation sites is 2. The van der Waals surface area contributed by atoms with Crippen LogP contribution in [-0.2, 0) is 16.1 Å². The highest BCUT2D eigenvalue weighted by molar-refractivity contribution is 5.91. The van der Waals surface area contributed by atoms with Crippen molar-refractivity contribution >= 4 is 22.9 Å². The van der Waals surface area contributed by atoms with E-state index in [1.54, 1.807) is 0 Å². The Kier molecular flexibility index (Phi) is 7.21. The van der Waals surface area contributed by atoms with E-state index in [2.05, 4.69) is 33.6 Å². The number of benzene rings is 1. The van der Waals surface area contributed by atoms with Crippen LogP contribution in [0.2, 0.25) is 0 Å². The van der Waals surface area contributed by atoms with Gasteiger partial charge < -0.3 is 14.2 Å². The van der Waals surface area contributed by atoms with E-state index in [0.717, 1.165) is 37.2 Å². The number of aromatic nitrogens is 2. The van der Waals surface area contributed by atoms with Gasteiger partial charge in [0.2, 0.25) is 11.9 Å². The number of carbonyl (C=O) groups is 1. The van der Waals surface area contributed by atoms with Crippen LogP contribution in [0.5, 0.6) is 0 Å². The van der Waals surface area contributed by atoms with Crippen LogP contribution in [0.4, 0.5) is 5.95 Å². The maximum Gasteiger partial charge on any atom is 0.229 e. The van der Waals surface area contributed by atoms with Crippen molar-refractivity contribution in [2.75, 3.05) is 38.2 Å². The van der Waals surface area contributed by atoms with Crippen LogP contribution in [0.15, 0.2) is 24.3 Å². The Hall–Kier alpha value is -1.92. The summed E-state index contributed by atoms with van der Waals surface area (Å²) in [7, 11) is 0. The lowest BCUT2D eigenvalue weighted by Crippen LogP contribution is -2.27. The normalized spacial score (nSPS) is 11.3. The Bertz CT molecular complexity index is 650. The van der Waals surface area contributed by atoms with Crippen LogP contribution < -0.4 is 5.32 Å². The van der Waals surface area contributed by atoms with Gasteiger partial charge in [-0.2, -0.15) is 0 Å². The molecule has 0 aliphatic heterocycles. The van der Waals surface area contributed by atoms with E-state index < -0.39 is 0 Å². The SMILES string of the molecule is CCOCCC(=O)Nc1nc2ccccc2n1CCN(CC)CC. The highest BCUT2D eigenvalue weighted by atomic mass is 16.5. The highest BCUT2D eigenvalue weighted by Crippen LogP contribution is 2.19. The predicted molar refractivity (Wildman–Crippen MR) is 97.3 cm³/mol. The number of hydrogen-bond acceptors (Lipinski definition) is 4. The highest BCUT2D eigenvalue weighted by Gasteiger charge is 2.13. The van der Waals surface area contributed by atoms with Crippen molar-refractivity contribution in [3.63, 3.8) is 0 Å². The molecule has 1 N–H and O–H groups in total. The molecule has 0 aliphatic carbocycles. The van der Waals surface area contributed by atoms with Crippen molar-refractivity contribution in [2.24, 2.45) is 0 Å². The van der Waals surface area contributed by atoms with Gasteiger partial charge in [-0.15, -0.1) is 0 Å². The maximum absolute atomic E-state index is 12.1. The zero-order valence-corrected chi connectivity index (χ0v) is 14.9. The van der Waals surface area contributed by atoms with Gasteiger partial charge >= 0.3 is 0 Å². The smallest absolute Gasteiger partial charge is 0.229 e. The number of amides is 1. The van der Waals surface area contributed by atoms with Gasteiger partial charge in [-0.3, -0.25) is 10.1 Å². The fourth-order valence-electron chi connectivity index (χ4n) is 2.67. The van der Waals surface area contributed by atoms with Crippen LogP contribution in [0.1, 0.15) is 27.2 Å². The molecule has 132 valence electrons. The molecule has 2 aromatic rings. The molecule has 0 spiro atoms. The van der Waals surface area contributed by atoms with Gasteiger partial charge in [0.1, 0.15) is 0 Å². The number of fused-ring (bicyclic) bond motifs is 1. The average Bonchev–Trinajstić information content (AvgIpc) is 2.93. The summed E-state index contributed by atoms with van der Waals surface area (Å²) < 4.78 is 7.33. The summed E-state index contributed by atoms with van der Waals surface area (Å²) in [5.41, 5.74) is 1.95. The molecule has 6 nitrogen and oxygen atoms in total. The molecule has 0 fully saturated rings. The quantitative estimate of drug-likeness (QED) is 0.680. The first-order valence-electron chi connectivity index (χ1n) is 8.74. The lowest BCUT2D eigenvalue weighted by molar-refractivity contribution is -0.117. The van der Waals surface area contributed by atoms with Crippen LogP contribution >= 0.6 is 0 Å². The minimum Gasteiger partial charge on any atom is -0.381 e. The number of rotatable bonds is 10. The minimum absolute atomic E-state index is 0.0668. The van der Waals surface area contributed by atoms with E-state index >= 15 is 0 Å². The third kappa shape index (κ3) is 4.79. The molecule has 2 rings (SSSR count). The minimum atomic E-state index is -0.0668. The van der Waals surface area contributed by atoms with E-state index in [1.807, 2.05) is 31.2 Å². The van der Waals surface area contributed by atoms with Crippen molar-refractivity contribution in [3.8, 4) is 0 Å². The molecule has 0 bridgehead atoms. The molecule has 1 amide bonds. The number of hydrogen-bond donors (Lipinski definition) is 1. The van der Waals surface area contributed by atoms with E-state index in [1.165, 1.54) is 0 Å². The Morgan fingerprint density at radius 1 is 1.25 bits per heavy atom. The van der Waals surface area contributed by atoms with E-state index in [9.17, 15) is 4.79 Å². The molecule has 1 heterocycles. The van der Waals surface area contributed by atoms with Crippen molar-refractivity contribution in [2.45, 2.75) is 33.7 Å². The first-order chi connectivity index (χ1) is 11.7. The molecule has 0 radical (unpaired) electrons. The summed E-state index contributed by atoms with van der Waals surface area (Å²) >= 11 is 0. The molecule has 0 atom stereocenters. The zero-order valence-electron chi connectivity index (χ0n) is 14.9. The first-order valence-corrected chi connectivity index (χ1v) is 8.74. The van der Waals surface area contributed by atoms with Gasteiger partial charge in [-0.25, -0.2) is 4.98 Å². The van der Waals surface area contributed by atoms with Gasteiger partial charge in [0.25, 0.3) is 0 Å². The van der Waals surface area contributed by atoms with Crippen LogP contribution in [0.25, 0.3) is 11.0 Å². The lowest BCUT2D eigenvalue weighted by atomic mass is 10.3. The average molecular weight is 332 g/mol. The first kappa shape index (κ1) is 18.4. The van der Waals surface area contributed by atoms with Crippen molar-refractivity contribution in [1.29, 1.82) is 0 Å². The van der Waals surface area contributed by atoms with Gasteiger partial charge in [-0.05, 0) is 32.1 Å². The second kappa shape index (κ2) is 9.39. The van der Waals surface area contributed by atoms with Crippen LogP contribution in [0, 0.1) is 0 Å². The Balaban J connectivity index is 2.15. The fourth-order valence-corrected chi connectivity index (χ4v) is 2.67. The Morgan fingerprint density at radius 2 is 2.00 bits per heavy atom. The number of likely N-dealkylation sites (N-methyl/N-ethyl adjacent to an activating group) is 1. The van der Waals surface area contributed by atoms with Gasteiger partial charge in [0.15, 0.2) is 0 Å². The number of carbonyl (C=O) groups excluding carboxylic acids is 1. The molecule has 0 saturated carbocycles. The lowest BCUT2D eigenvalue weighted by Gasteiger charge is -2.19. The van der Waals surface area contributed by atoms with E-state index in [0.29, 0.717) is 25.6 Å². The standard InChI is InChI=1S/C18H28N4O2/c1-4-21(5-2)12-13-22-16-10-8-7-9-15(16)19-18(22)20-17(23)11-14-24-6-3/h7-10H,4-6,11-14H2,1-3H3,(H,19,20,23). The summed E-state index contributed by atoms with van der Waals surface area (Å²) in [4.78, 5) is 19.1. The van der Waals surface area contributed by atoms with Crippen molar-refractivity contribution in [1.82, 2.24) is 14.5 Å². The fraction of sp³-hybridized carbons (Fsp3) is 0.556. The number of ether oxygens (including phenoxy) is 1. The molecule has 0 saturated heterocycles. The van der Waals surface area contributed by atoms with E-state index in [4.69, 9.17) is 4.74 Å². The third-order valence-corrected chi connectivity index (χ3v) is 4.12. The van der Waals surface area contributed by atoms with E-state index in [-0.39, 0.29) is 5.91 Å². The summed E-state index contributed by atoms with van der Waals surface area (Å²) in [5, 5.41) is 2.93. The summed E-state index contributed by atoms with van der Waals surface area (Å²) in [6, 6.07) is 7.98. The van der Waals surface area contributed by atoms with Gasteiger partial charge in [-0.1, -0.05) is 26.0 Å². The number of nitrogens with one attached hydrogen (secondary N) is 1. The molecular weight excluding hydrogens is 304 g/mol. The number of nitrogens with zero attached hydrogens (tertiary/aromatic N) is 3. The van der Waals surface area contributed by atoms with Crippen LogP contribution in [-0.4, -0.2) is 53.2 Å². The number of imidazole rings is 1. The van der Waals surface area contributed by atoms with Crippen LogP contribution in [0.3, 0.4) is 0 Å². The maximum atomic E-state index is 12.1. The molecule has 0 unspecified atom stereocenters. The topological polar surface area (TPSA) is 59.4 Å². The number of anilines is 1. The molecule has 1 aromatic carbocycles. The second-order valence-corrected chi connectivity index (χ2v) is 5.60. The summed E-state index contributed by atoms with van der Waals surface area (Å²) in [6.07, 6.45) is 0.340. The zero-order chi connectivity index (χ0) is 17.4. The van der Waals surface area contributed by atoms with Gasteiger partial charge in [0.05, 0.1) is 24.1 Å². The Morgan fingerprint density at radius 3 is 2.71 bits per heavy atom. The Labute approximate surface area is 143 Å². The summed E-state index contributed by atoms with van der Waals surface area (Å²) in [5.74, 6) is 0.549. The molecule has 0 aliphatic rings. The summed E-state index contributed by atoms with van der Waals surface area (Å²) in [6.45, 7) is 11.0. The molecular formula is C18H28N4O2. The molecule has 1 aromatic heterocycles. The predicted octanol–water partition coefficient (Wildman–Crippen LogP) is 2.74. The van der Waals surface area contributed by atoms with Crippen molar-refractivity contribution in [3.05, 3.63) is 24.3 Å². The monoisotopic (exact) mass is 332 g/mol. The largest absolute Gasteiger partial charge is 0.381 e. The second-order valence-electron chi connectivity index (χ2n) is 5.60. The molecule has 24 heavy (non-hydrogen) atoms. The third-order valence-electron chi connectivity index (χ3n) is 4.12. The van der Waals surface area contributed by atoms with Crippen molar-refractivity contribution < 1.29 is 9.53 Å². The molecule has 6 heteroatoms. The van der Waals surface area contributed by atoms with Gasteiger partial charge in [0, 0.05) is 19.7 Å².